The maximum Gasteiger partial charge on any atom is 0.344 e. The molecule has 31 heavy (non-hydrogen) atoms. The summed E-state index contributed by atoms with van der Waals surface area (Å²) in [5.41, 5.74) is 0.269. The number of ether oxygens (including phenoxy) is 3. The standard InChI is InChI=1S/C20H21ClN2O7S/c21-15-3-1-5-17(11-15)29-14-20(25)30-13-19(24)22-16-4-2-6-18(12-16)31(26,27)23-7-9-28-10-8-23/h1-6,11-12H,7-10,13-14H2,(H,22,24). The Morgan fingerprint density at radius 1 is 1.06 bits per heavy atom. The van der Waals surface area contributed by atoms with E-state index >= 15 is 0 Å². The molecule has 166 valence electrons. The molecule has 1 aliphatic heterocycles. The van der Waals surface area contributed by atoms with E-state index < -0.39 is 28.5 Å². The highest BCUT2D eigenvalue weighted by Crippen LogP contribution is 2.20. The van der Waals surface area contributed by atoms with E-state index in [2.05, 4.69) is 5.32 Å². The van der Waals surface area contributed by atoms with Crippen molar-refractivity contribution >= 4 is 39.2 Å². The summed E-state index contributed by atoms with van der Waals surface area (Å²) in [7, 11) is -3.69. The van der Waals surface area contributed by atoms with E-state index in [0.717, 1.165) is 0 Å². The van der Waals surface area contributed by atoms with Gasteiger partial charge in [-0.1, -0.05) is 23.7 Å². The van der Waals surface area contributed by atoms with Gasteiger partial charge in [0.1, 0.15) is 5.75 Å². The molecule has 0 saturated carbocycles. The largest absolute Gasteiger partial charge is 0.482 e. The fraction of sp³-hybridized carbons (Fsp3) is 0.300. The first-order chi connectivity index (χ1) is 14.8. The first kappa shape index (κ1) is 23.0. The SMILES string of the molecule is O=C(COC(=O)COc1cccc(Cl)c1)Nc1cccc(S(=O)(=O)N2CCOCC2)c1. The van der Waals surface area contributed by atoms with Crippen LogP contribution in [0.5, 0.6) is 5.75 Å². The molecule has 1 N–H and O–H groups in total. The van der Waals surface area contributed by atoms with E-state index in [1.54, 1.807) is 30.3 Å². The van der Waals surface area contributed by atoms with Crippen LogP contribution in [-0.2, 0) is 29.1 Å². The number of nitrogens with zero attached hydrogens (tertiary/aromatic N) is 1. The van der Waals surface area contributed by atoms with Crippen LogP contribution >= 0.6 is 11.6 Å². The molecule has 0 unspecified atom stereocenters. The smallest absolute Gasteiger partial charge is 0.344 e. The number of benzene rings is 2. The monoisotopic (exact) mass is 468 g/mol. The van der Waals surface area contributed by atoms with Crippen LogP contribution in [0.4, 0.5) is 5.69 Å². The van der Waals surface area contributed by atoms with Crippen molar-refractivity contribution in [1.29, 1.82) is 0 Å². The van der Waals surface area contributed by atoms with Gasteiger partial charge in [0.2, 0.25) is 10.0 Å². The van der Waals surface area contributed by atoms with Crippen LogP contribution in [0.1, 0.15) is 0 Å². The summed E-state index contributed by atoms with van der Waals surface area (Å²) in [6.07, 6.45) is 0. The Labute approximate surface area is 184 Å². The lowest BCUT2D eigenvalue weighted by molar-refractivity contribution is -0.149. The molecule has 1 saturated heterocycles. The maximum atomic E-state index is 12.7. The van der Waals surface area contributed by atoms with Crippen LogP contribution in [0.15, 0.2) is 53.4 Å². The van der Waals surface area contributed by atoms with E-state index in [1.807, 2.05) is 0 Å². The van der Waals surface area contributed by atoms with E-state index in [0.29, 0.717) is 24.0 Å². The number of carbonyl (C=O) groups excluding carboxylic acids is 2. The van der Waals surface area contributed by atoms with E-state index in [9.17, 15) is 18.0 Å². The summed E-state index contributed by atoms with van der Waals surface area (Å²) in [5.74, 6) is -0.956. The number of esters is 1. The van der Waals surface area contributed by atoms with Crippen LogP contribution in [-0.4, -0.2) is 64.1 Å². The molecule has 0 aliphatic carbocycles. The molecule has 0 bridgehead atoms. The number of anilines is 1. The van der Waals surface area contributed by atoms with Crippen molar-refractivity contribution < 1.29 is 32.2 Å². The molecule has 0 spiro atoms. The third-order valence-electron chi connectivity index (χ3n) is 4.24. The van der Waals surface area contributed by atoms with Gasteiger partial charge in [0.25, 0.3) is 5.91 Å². The van der Waals surface area contributed by atoms with Crippen LogP contribution in [0.3, 0.4) is 0 Å². The van der Waals surface area contributed by atoms with Crippen LogP contribution < -0.4 is 10.1 Å². The first-order valence-electron chi connectivity index (χ1n) is 9.36. The van der Waals surface area contributed by atoms with Gasteiger partial charge in [0, 0.05) is 23.8 Å². The molecule has 0 radical (unpaired) electrons. The number of nitrogens with one attached hydrogen (secondary N) is 1. The van der Waals surface area contributed by atoms with Crippen LogP contribution in [0.25, 0.3) is 0 Å². The predicted molar refractivity (Wildman–Crippen MR) is 113 cm³/mol. The van der Waals surface area contributed by atoms with Crippen molar-refractivity contribution in [2.75, 3.05) is 44.8 Å². The zero-order chi connectivity index (χ0) is 22.3. The number of hydrogen-bond acceptors (Lipinski definition) is 7. The Balaban J connectivity index is 1.50. The zero-order valence-corrected chi connectivity index (χ0v) is 18.0. The highest BCUT2D eigenvalue weighted by Gasteiger charge is 2.26. The van der Waals surface area contributed by atoms with Gasteiger partial charge >= 0.3 is 5.97 Å². The Morgan fingerprint density at radius 3 is 2.55 bits per heavy atom. The summed E-state index contributed by atoms with van der Waals surface area (Å²) < 4.78 is 42.1. The number of sulfonamides is 1. The topological polar surface area (TPSA) is 111 Å². The second kappa shape index (κ2) is 10.6. The fourth-order valence-electron chi connectivity index (χ4n) is 2.75. The van der Waals surface area contributed by atoms with Gasteiger partial charge in [-0.2, -0.15) is 4.31 Å². The molecule has 2 aromatic carbocycles. The van der Waals surface area contributed by atoms with Gasteiger partial charge in [0.15, 0.2) is 13.2 Å². The molecule has 1 heterocycles. The molecule has 3 rings (SSSR count). The van der Waals surface area contributed by atoms with Crippen LogP contribution in [0.2, 0.25) is 5.02 Å². The van der Waals surface area contributed by atoms with E-state index in [-0.39, 0.29) is 30.3 Å². The highest BCUT2D eigenvalue weighted by molar-refractivity contribution is 7.89. The highest BCUT2D eigenvalue weighted by atomic mass is 35.5. The third kappa shape index (κ3) is 6.66. The zero-order valence-electron chi connectivity index (χ0n) is 16.5. The number of morpholine rings is 1. The Hall–Kier alpha value is -2.66. The van der Waals surface area contributed by atoms with Gasteiger partial charge in [-0.05, 0) is 36.4 Å². The number of amides is 1. The second-order valence-corrected chi connectivity index (χ2v) is 8.87. The lowest BCUT2D eigenvalue weighted by Gasteiger charge is -2.26. The van der Waals surface area contributed by atoms with Crippen molar-refractivity contribution in [1.82, 2.24) is 4.31 Å². The molecular weight excluding hydrogens is 448 g/mol. The van der Waals surface area contributed by atoms with E-state index in [4.69, 9.17) is 25.8 Å². The lowest BCUT2D eigenvalue weighted by atomic mass is 10.3. The molecule has 2 aromatic rings. The van der Waals surface area contributed by atoms with Crippen molar-refractivity contribution in [2.24, 2.45) is 0 Å². The summed E-state index contributed by atoms with van der Waals surface area (Å²) in [5, 5.41) is 2.97. The van der Waals surface area contributed by atoms with Gasteiger partial charge in [-0.3, -0.25) is 4.79 Å². The quantitative estimate of drug-likeness (QED) is 0.589. The molecular formula is C20H21ClN2O7S. The Bertz CT molecular complexity index is 1040. The first-order valence-corrected chi connectivity index (χ1v) is 11.2. The molecule has 0 aromatic heterocycles. The van der Waals surface area contributed by atoms with Gasteiger partial charge in [-0.15, -0.1) is 0 Å². The predicted octanol–water partition coefficient (Wildman–Crippen LogP) is 1.92. The average molecular weight is 469 g/mol. The minimum Gasteiger partial charge on any atom is -0.482 e. The third-order valence-corrected chi connectivity index (χ3v) is 6.37. The van der Waals surface area contributed by atoms with E-state index in [1.165, 1.54) is 22.5 Å². The number of rotatable bonds is 8. The van der Waals surface area contributed by atoms with Crippen molar-refractivity contribution in [2.45, 2.75) is 4.90 Å². The van der Waals surface area contributed by atoms with Crippen molar-refractivity contribution in [3.8, 4) is 5.75 Å². The van der Waals surface area contributed by atoms with Gasteiger partial charge in [-0.25, -0.2) is 13.2 Å². The summed E-state index contributed by atoms with van der Waals surface area (Å²) in [4.78, 5) is 23.9. The molecule has 1 aliphatic rings. The fourth-order valence-corrected chi connectivity index (χ4v) is 4.39. The maximum absolute atomic E-state index is 12.7. The van der Waals surface area contributed by atoms with Crippen LogP contribution in [0, 0.1) is 0 Å². The van der Waals surface area contributed by atoms with Crippen molar-refractivity contribution in [3.63, 3.8) is 0 Å². The Morgan fingerprint density at radius 2 is 1.81 bits per heavy atom. The summed E-state index contributed by atoms with van der Waals surface area (Å²) >= 11 is 5.83. The Kier molecular flexibility index (Phi) is 7.85. The molecule has 1 amide bonds. The molecule has 11 heteroatoms. The van der Waals surface area contributed by atoms with Gasteiger partial charge < -0.3 is 19.5 Å². The molecule has 9 nitrogen and oxygen atoms in total. The number of halogens is 1. The summed E-state index contributed by atoms with van der Waals surface area (Å²) in [6, 6.07) is 12.4. The minimum atomic E-state index is -3.69. The minimum absolute atomic E-state index is 0.0547. The second-order valence-electron chi connectivity index (χ2n) is 6.50. The van der Waals surface area contributed by atoms with Crippen molar-refractivity contribution in [3.05, 3.63) is 53.6 Å². The molecule has 1 fully saturated rings. The average Bonchev–Trinajstić information content (AvgIpc) is 2.77. The number of hydrogen-bond donors (Lipinski definition) is 1. The molecule has 0 atom stereocenters. The number of carbonyl (C=O) groups is 2. The summed E-state index contributed by atoms with van der Waals surface area (Å²) in [6.45, 7) is 0.279. The normalized spacial score (nSPS) is 14.6. The lowest BCUT2D eigenvalue weighted by Crippen LogP contribution is -2.40. The van der Waals surface area contributed by atoms with Gasteiger partial charge in [0.05, 0.1) is 18.1 Å².